The van der Waals surface area contributed by atoms with Crippen molar-refractivity contribution in [1.82, 2.24) is 4.98 Å². The number of hydrogen-bond donors (Lipinski definition) is 1. The zero-order chi connectivity index (χ0) is 28.0. The fourth-order valence-corrected chi connectivity index (χ4v) is 6.18. The molecule has 3 aromatic carbocycles. The van der Waals surface area contributed by atoms with E-state index in [9.17, 15) is 14.7 Å². The first-order valence-electron chi connectivity index (χ1n) is 13.2. The average Bonchev–Trinajstić information content (AvgIpc) is 3.63. The van der Waals surface area contributed by atoms with Crippen LogP contribution < -0.4 is 19.1 Å². The number of nitrogens with zero attached hydrogens (tertiary/aromatic N) is 2. The van der Waals surface area contributed by atoms with Gasteiger partial charge in [0, 0.05) is 12.0 Å². The molecule has 0 saturated carbocycles. The molecule has 9 heteroatoms. The normalized spacial score (nSPS) is 19.6. The molecule has 2 atom stereocenters. The number of rotatable bonds is 7. The van der Waals surface area contributed by atoms with E-state index in [0.717, 1.165) is 22.4 Å². The molecule has 8 nitrogen and oxygen atoms in total. The Kier molecular flexibility index (Phi) is 6.67. The monoisotopic (exact) mass is 556 g/mol. The molecule has 3 heterocycles. The highest BCUT2D eigenvalue weighted by Gasteiger charge is 2.48. The van der Waals surface area contributed by atoms with Gasteiger partial charge in [-0.1, -0.05) is 30.4 Å². The minimum atomic E-state index is -0.883. The van der Waals surface area contributed by atoms with Gasteiger partial charge in [0.05, 0.1) is 35.5 Å². The van der Waals surface area contributed by atoms with Gasteiger partial charge in [-0.05, 0) is 73.0 Å². The molecule has 0 aliphatic carbocycles. The zero-order valence-corrected chi connectivity index (χ0v) is 23.2. The van der Waals surface area contributed by atoms with E-state index in [1.54, 1.807) is 25.3 Å². The van der Waals surface area contributed by atoms with Gasteiger partial charge in [-0.25, -0.2) is 4.98 Å². The third-order valence-electron chi connectivity index (χ3n) is 7.07. The molecule has 1 saturated heterocycles. The highest BCUT2D eigenvalue weighted by molar-refractivity contribution is 7.22. The first kappa shape index (κ1) is 25.9. The van der Waals surface area contributed by atoms with Gasteiger partial charge in [-0.15, -0.1) is 0 Å². The van der Waals surface area contributed by atoms with Crippen LogP contribution in [-0.2, 0) is 16.0 Å². The summed E-state index contributed by atoms with van der Waals surface area (Å²) in [6.45, 7) is 4.58. The smallest absolute Gasteiger partial charge is 0.301 e. The van der Waals surface area contributed by atoms with Crippen molar-refractivity contribution in [2.75, 3.05) is 18.6 Å². The number of carbonyl (C=O) groups is 2. The Morgan fingerprint density at radius 3 is 2.62 bits per heavy atom. The van der Waals surface area contributed by atoms with Crippen LogP contribution in [0.5, 0.6) is 17.2 Å². The molecular weight excluding hydrogens is 528 g/mol. The SMILES string of the molecule is CCCOc1ccc([C@H]2C(=C(O)c3ccc4c(c3)C[C@H](C)O4)C(=O)C(=O)N2c2nc3ccc(OC)cc3s2)cc1. The lowest BCUT2D eigenvalue weighted by Crippen LogP contribution is -2.29. The van der Waals surface area contributed by atoms with Crippen molar-refractivity contribution < 1.29 is 28.9 Å². The first-order valence-corrected chi connectivity index (χ1v) is 14.0. The second-order valence-corrected chi connectivity index (χ2v) is 10.9. The third kappa shape index (κ3) is 4.46. The lowest BCUT2D eigenvalue weighted by atomic mass is 9.94. The van der Waals surface area contributed by atoms with Gasteiger partial charge < -0.3 is 19.3 Å². The average molecular weight is 557 g/mol. The summed E-state index contributed by atoms with van der Waals surface area (Å²) in [6, 6.07) is 17.1. The molecule has 6 rings (SSSR count). The Morgan fingerprint density at radius 1 is 1.10 bits per heavy atom. The van der Waals surface area contributed by atoms with Crippen molar-refractivity contribution in [2.45, 2.75) is 38.8 Å². The number of ether oxygens (including phenoxy) is 3. The van der Waals surface area contributed by atoms with E-state index in [0.29, 0.717) is 46.3 Å². The minimum Gasteiger partial charge on any atom is -0.507 e. The summed E-state index contributed by atoms with van der Waals surface area (Å²) in [6.07, 6.45) is 1.60. The maximum Gasteiger partial charge on any atom is 0.301 e. The van der Waals surface area contributed by atoms with Crippen LogP contribution in [0.15, 0.2) is 66.2 Å². The van der Waals surface area contributed by atoms with Crippen molar-refractivity contribution >= 4 is 44.1 Å². The number of carbonyl (C=O) groups excluding carboxylic acids is 2. The van der Waals surface area contributed by atoms with Crippen LogP contribution in [0.3, 0.4) is 0 Å². The number of aromatic nitrogens is 1. The quantitative estimate of drug-likeness (QED) is 0.168. The third-order valence-corrected chi connectivity index (χ3v) is 8.09. The molecule has 1 fully saturated rings. The minimum absolute atomic E-state index is 0.0102. The van der Waals surface area contributed by atoms with Crippen molar-refractivity contribution in [3.8, 4) is 17.2 Å². The van der Waals surface area contributed by atoms with Crippen LogP contribution in [0.2, 0.25) is 0 Å². The topological polar surface area (TPSA) is 98.2 Å². The summed E-state index contributed by atoms with van der Waals surface area (Å²) in [5.41, 5.74) is 2.74. The highest BCUT2D eigenvalue weighted by Crippen LogP contribution is 2.45. The first-order chi connectivity index (χ1) is 19.4. The Balaban J connectivity index is 1.49. The maximum absolute atomic E-state index is 13.6. The van der Waals surface area contributed by atoms with Crippen molar-refractivity contribution in [2.24, 2.45) is 0 Å². The van der Waals surface area contributed by atoms with Gasteiger partial charge in [0.1, 0.15) is 29.1 Å². The largest absolute Gasteiger partial charge is 0.507 e. The van der Waals surface area contributed by atoms with E-state index in [1.165, 1.54) is 16.2 Å². The van der Waals surface area contributed by atoms with Crippen LogP contribution in [0.25, 0.3) is 16.0 Å². The Morgan fingerprint density at radius 2 is 1.88 bits per heavy atom. The molecule has 1 N–H and O–H groups in total. The fourth-order valence-electron chi connectivity index (χ4n) is 5.16. The second kappa shape index (κ2) is 10.3. The molecule has 2 aliphatic heterocycles. The van der Waals surface area contributed by atoms with E-state index in [-0.39, 0.29) is 17.4 Å². The molecule has 2 aliphatic rings. The maximum atomic E-state index is 13.6. The molecule has 204 valence electrons. The van der Waals surface area contributed by atoms with Gasteiger partial charge in [-0.2, -0.15) is 0 Å². The number of ketones is 1. The van der Waals surface area contributed by atoms with E-state index in [2.05, 4.69) is 4.98 Å². The van der Waals surface area contributed by atoms with Crippen molar-refractivity contribution in [3.05, 3.63) is 82.9 Å². The van der Waals surface area contributed by atoms with E-state index >= 15 is 0 Å². The van der Waals surface area contributed by atoms with E-state index in [4.69, 9.17) is 14.2 Å². The van der Waals surface area contributed by atoms with Gasteiger partial charge in [-0.3, -0.25) is 14.5 Å². The highest BCUT2D eigenvalue weighted by atomic mass is 32.1. The Hall–Kier alpha value is -4.37. The number of fused-ring (bicyclic) bond motifs is 2. The fraction of sp³-hybridized carbons (Fsp3) is 0.258. The Labute approximate surface area is 235 Å². The molecule has 40 heavy (non-hydrogen) atoms. The summed E-state index contributed by atoms with van der Waals surface area (Å²) in [4.78, 5) is 33.3. The summed E-state index contributed by atoms with van der Waals surface area (Å²) in [5, 5.41) is 11.9. The predicted octanol–water partition coefficient (Wildman–Crippen LogP) is 6.04. The van der Waals surface area contributed by atoms with E-state index in [1.807, 2.05) is 56.3 Å². The van der Waals surface area contributed by atoms with Gasteiger partial charge in [0.15, 0.2) is 5.13 Å². The molecule has 0 bridgehead atoms. The van der Waals surface area contributed by atoms with Gasteiger partial charge in [0.25, 0.3) is 5.78 Å². The number of anilines is 1. The molecule has 1 aromatic heterocycles. The summed E-state index contributed by atoms with van der Waals surface area (Å²) in [7, 11) is 1.58. The second-order valence-electron chi connectivity index (χ2n) is 9.87. The van der Waals surface area contributed by atoms with E-state index < -0.39 is 17.7 Å². The molecule has 0 unspecified atom stereocenters. The number of amides is 1. The summed E-state index contributed by atoms with van der Waals surface area (Å²) < 4.78 is 17.7. The van der Waals surface area contributed by atoms with Crippen LogP contribution >= 0.6 is 11.3 Å². The summed E-state index contributed by atoms with van der Waals surface area (Å²) in [5.74, 6) is 0.356. The molecule has 0 radical (unpaired) electrons. The lowest BCUT2D eigenvalue weighted by molar-refractivity contribution is -0.132. The molecular formula is C31H28N2O6S. The molecule has 0 spiro atoms. The summed E-state index contributed by atoms with van der Waals surface area (Å²) >= 11 is 1.28. The van der Waals surface area contributed by atoms with Crippen molar-refractivity contribution in [1.29, 1.82) is 0 Å². The van der Waals surface area contributed by atoms with Gasteiger partial charge in [0.2, 0.25) is 0 Å². The van der Waals surface area contributed by atoms with Gasteiger partial charge >= 0.3 is 5.91 Å². The zero-order valence-electron chi connectivity index (χ0n) is 22.3. The van der Waals surface area contributed by atoms with Crippen LogP contribution in [0.4, 0.5) is 5.13 Å². The number of aliphatic hydroxyl groups is 1. The lowest BCUT2D eigenvalue weighted by Gasteiger charge is -2.23. The standard InChI is InChI=1S/C31H28N2O6S/c1-4-13-38-21-8-5-18(6-9-21)27-26(28(34)19-7-12-24-20(15-19)14-17(2)39-24)29(35)30(36)33(27)31-32-23-11-10-22(37-3)16-25(23)40-31/h5-12,15-17,27,34H,4,13-14H2,1-3H3/t17-,27-/m0/s1. The van der Waals surface area contributed by atoms with Crippen LogP contribution in [0, 0.1) is 0 Å². The number of methoxy groups -OCH3 is 1. The number of aliphatic hydroxyl groups excluding tert-OH is 1. The molecule has 1 amide bonds. The number of benzene rings is 3. The molecule has 4 aromatic rings. The number of Topliss-reactive ketones (excluding diaryl/α,β-unsaturated/α-hetero) is 1. The number of thiazole rings is 1. The van der Waals surface area contributed by atoms with Crippen LogP contribution in [0.1, 0.15) is 43.0 Å². The number of hydrogen-bond acceptors (Lipinski definition) is 8. The predicted molar refractivity (Wildman–Crippen MR) is 153 cm³/mol. The van der Waals surface area contributed by atoms with Crippen molar-refractivity contribution in [3.63, 3.8) is 0 Å². The Bertz CT molecular complexity index is 1660. The van der Waals surface area contributed by atoms with Crippen LogP contribution in [-0.4, -0.2) is 41.6 Å².